The number of benzene rings is 3. The quantitative estimate of drug-likeness (QED) is 0.592. The Kier molecular flexibility index (Phi) is 5.36. The van der Waals surface area contributed by atoms with Crippen LogP contribution in [0.2, 0.25) is 0 Å². The molecule has 0 aliphatic carbocycles. The zero-order valence-electron chi connectivity index (χ0n) is 17.0. The first-order chi connectivity index (χ1) is 14.5. The first kappa shape index (κ1) is 19.8. The Morgan fingerprint density at radius 1 is 0.933 bits per heavy atom. The molecule has 0 fully saturated rings. The molecule has 0 spiro atoms. The Labute approximate surface area is 175 Å². The lowest BCUT2D eigenvalue weighted by molar-refractivity contribution is -0.117. The van der Waals surface area contributed by atoms with Crippen LogP contribution in [-0.2, 0) is 4.79 Å². The minimum absolute atomic E-state index is 0.0553. The number of carbonyl (C=O) groups is 2. The van der Waals surface area contributed by atoms with Gasteiger partial charge in [-0.15, -0.1) is 0 Å². The fourth-order valence-electron chi connectivity index (χ4n) is 4.29. The molecule has 4 rings (SSSR count). The summed E-state index contributed by atoms with van der Waals surface area (Å²) >= 11 is 0. The minimum atomic E-state index is -0.457. The van der Waals surface area contributed by atoms with Gasteiger partial charge in [0.25, 0.3) is 5.91 Å². The highest BCUT2D eigenvalue weighted by atomic mass is 19.1. The van der Waals surface area contributed by atoms with E-state index < -0.39 is 11.9 Å². The van der Waals surface area contributed by atoms with Crippen molar-refractivity contribution in [1.82, 2.24) is 0 Å². The van der Waals surface area contributed by atoms with Gasteiger partial charge in [-0.1, -0.05) is 48.5 Å². The van der Waals surface area contributed by atoms with E-state index in [9.17, 15) is 14.0 Å². The summed E-state index contributed by atoms with van der Waals surface area (Å²) in [5.41, 5.74) is 2.31. The number of carbonyl (C=O) groups excluding carboxylic acids is 2. The molecule has 0 aromatic heterocycles. The van der Waals surface area contributed by atoms with Crippen molar-refractivity contribution >= 4 is 23.2 Å². The van der Waals surface area contributed by atoms with Gasteiger partial charge in [0.2, 0.25) is 5.91 Å². The molecule has 0 radical (unpaired) electrons. The number of para-hydroxylation sites is 2. The van der Waals surface area contributed by atoms with Crippen LogP contribution in [0.25, 0.3) is 0 Å². The predicted octanol–water partition coefficient (Wildman–Crippen LogP) is 5.36. The van der Waals surface area contributed by atoms with Crippen molar-refractivity contribution in [3.05, 3.63) is 95.8 Å². The van der Waals surface area contributed by atoms with Crippen LogP contribution in [-0.4, -0.2) is 17.9 Å². The lowest BCUT2D eigenvalue weighted by Crippen LogP contribution is -2.47. The third kappa shape index (κ3) is 3.47. The second-order valence-electron chi connectivity index (χ2n) is 7.54. The zero-order chi connectivity index (χ0) is 21.3. The molecular weight excluding hydrogens is 379 g/mol. The Bertz CT molecular complexity index is 1080. The summed E-state index contributed by atoms with van der Waals surface area (Å²) in [5.74, 6) is -0.787. The number of rotatable bonds is 3. The van der Waals surface area contributed by atoms with Crippen LogP contribution in [0.5, 0.6) is 0 Å². The highest BCUT2D eigenvalue weighted by molar-refractivity contribution is 6.07. The zero-order valence-corrected chi connectivity index (χ0v) is 17.0. The standard InChI is InChI=1S/C25H23FN2O2/c1-17-16-24(20-12-6-8-14-22(20)27(17)18(2)29)28(23-15-9-7-13-21(23)26)25(30)19-10-4-3-5-11-19/h3-15,17,24H,16H2,1-2H3. The molecule has 30 heavy (non-hydrogen) atoms. The Morgan fingerprint density at radius 3 is 2.27 bits per heavy atom. The van der Waals surface area contributed by atoms with E-state index in [0.717, 1.165) is 11.3 Å². The monoisotopic (exact) mass is 402 g/mol. The molecule has 0 N–H and O–H groups in total. The fraction of sp³-hybridized carbons (Fsp3) is 0.200. The van der Waals surface area contributed by atoms with Crippen LogP contribution < -0.4 is 9.80 Å². The van der Waals surface area contributed by atoms with Gasteiger partial charge < -0.3 is 4.90 Å². The third-order valence-corrected chi connectivity index (χ3v) is 5.56. The molecule has 0 saturated carbocycles. The molecule has 1 aliphatic rings. The Morgan fingerprint density at radius 2 is 1.57 bits per heavy atom. The van der Waals surface area contributed by atoms with E-state index in [-0.39, 0.29) is 23.5 Å². The van der Waals surface area contributed by atoms with E-state index in [1.54, 1.807) is 47.4 Å². The number of anilines is 2. The van der Waals surface area contributed by atoms with Crippen molar-refractivity contribution in [1.29, 1.82) is 0 Å². The summed E-state index contributed by atoms with van der Waals surface area (Å²) in [6.45, 7) is 3.49. The molecule has 3 aromatic carbocycles. The molecule has 152 valence electrons. The van der Waals surface area contributed by atoms with E-state index in [2.05, 4.69) is 0 Å². The molecule has 2 amide bonds. The molecule has 1 aliphatic heterocycles. The van der Waals surface area contributed by atoms with Crippen LogP contribution >= 0.6 is 0 Å². The number of fused-ring (bicyclic) bond motifs is 1. The summed E-state index contributed by atoms with van der Waals surface area (Å²) in [7, 11) is 0. The molecule has 0 bridgehead atoms. The average molecular weight is 402 g/mol. The molecule has 4 nitrogen and oxygen atoms in total. The van der Waals surface area contributed by atoms with E-state index in [1.165, 1.54) is 17.9 Å². The van der Waals surface area contributed by atoms with Gasteiger partial charge in [-0.25, -0.2) is 4.39 Å². The van der Waals surface area contributed by atoms with Crippen molar-refractivity contribution < 1.29 is 14.0 Å². The maximum absolute atomic E-state index is 14.9. The van der Waals surface area contributed by atoms with Gasteiger partial charge in [-0.05, 0) is 49.2 Å². The number of hydrogen-bond donors (Lipinski definition) is 0. The van der Waals surface area contributed by atoms with E-state index in [0.29, 0.717) is 12.0 Å². The predicted molar refractivity (Wildman–Crippen MR) is 116 cm³/mol. The Hall–Kier alpha value is -3.47. The normalized spacial score (nSPS) is 17.9. The summed E-state index contributed by atoms with van der Waals surface area (Å²) in [6, 6.07) is 22.2. The number of hydrogen-bond acceptors (Lipinski definition) is 2. The lowest BCUT2D eigenvalue weighted by Gasteiger charge is -2.43. The van der Waals surface area contributed by atoms with Gasteiger partial charge >= 0.3 is 0 Å². The van der Waals surface area contributed by atoms with Crippen LogP contribution in [0, 0.1) is 5.82 Å². The topological polar surface area (TPSA) is 40.6 Å². The van der Waals surface area contributed by atoms with Crippen molar-refractivity contribution in [2.45, 2.75) is 32.4 Å². The van der Waals surface area contributed by atoms with E-state index >= 15 is 0 Å². The molecule has 2 unspecified atom stereocenters. The average Bonchev–Trinajstić information content (AvgIpc) is 2.75. The maximum atomic E-state index is 14.9. The van der Waals surface area contributed by atoms with E-state index in [4.69, 9.17) is 0 Å². The van der Waals surface area contributed by atoms with E-state index in [1.807, 2.05) is 37.3 Å². The molecule has 1 heterocycles. The van der Waals surface area contributed by atoms with Crippen LogP contribution in [0.1, 0.15) is 42.2 Å². The summed E-state index contributed by atoms with van der Waals surface area (Å²) < 4.78 is 14.9. The smallest absolute Gasteiger partial charge is 0.258 e. The van der Waals surface area contributed by atoms with Crippen molar-refractivity contribution in [2.75, 3.05) is 9.80 Å². The maximum Gasteiger partial charge on any atom is 0.258 e. The summed E-state index contributed by atoms with van der Waals surface area (Å²) in [5, 5.41) is 0. The van der Waals surface area contributed by atoms with Crippen molar-refractivity contribution in [3.63, 3.8) is 0 Å². The molecule has 3 aromatic rings. The van der Waals surface area contributed by atoms with Crippen LogP contribution in [0.4, 0.5) is 15.8 Å². The minimum Gasteiger partial charge on any atom is -0.309 e. The fourth-order valence-corrected chi connectivity index (χ4v) is 4.29. The highest BCUT2D eigenvalue weighted by Crippen LogP contribution is 2.43. The second-order valence-corrected chi connectivity index (χ2v) is 7.54. The Balaban J connectivity index is 1.89. The lowest BCUT2D eigenvalue weighted by atomic mass is 9.89. The number of halogens is 1. The number of amides is 2. The largest absolute Gasteiger partial charge is 0.309 e. The highest BCUT2D eigenvalue weighted by Gasteiger charge is 2.38. The SMILES string of the molecule is CC(=O)N1c2ccccc2C(N(C(=O)c2ccccc2)c2ccccc2F)CC1C. The van der Waals surface area contributed by atoms with Gasteiger partial charge in [0.05, 0.1) is 11.7 Å². The van der Waals surface area contributed by atoms with Crippen molar-refractivity contribution in [3.8, 4) is 0 Å². The number of nitrogens with zero attached hydrogens (tertiary/aromatic N) is 2. The van der Waals surface area contributed by atoms with Crippen LogP contribution in [0.15, 0.2) is 78.9 Å². The van der Waals surface area contributed by atoms with Gasteiger partial charge in [0.15, 0.2) is 0 Å². The van der Waals surface area contributed by atoms with Gasteiger partial charge in [-0.2, -0.15) is 0 Å². The summed E-state index contributed by atoms with van der Waals surface area (Å²) in [6.07, 6.45) is 0.503. The van der Waals surface area contributed by atoms with Crippen molar-refractivity contribution in [2.24, 2.45) is 0 Å². The third-order valence-electron chi connectivity index (χ3n) is 5.56. The molecule has 5 heteroatoms. The van der Waals surface area contributed by atoms with Gasteiger partial charge in [0, 0.05) is 24.2 Å². The molecule has 0 saturated heterocycles. The first-order valence-corrected chi connectivity index (χ1v) is 10.0. The molecular formula is C25H23FN2O2. The van der Waals surface area contributed by atoms with Gasteiger partial charge in [-0.3, -0.25) is 14.5 Å². The molecule has 2 atom stereocenters. The summed E-state index contributed by atoms with van der Waals surface area (Å²) in [4.78, 5) is 29.2. The second kappa shape index (κ2) is 8.11. The first-order valence-electron chi connectivity index (χ1n) is 10.0. The van der Waals surface area contributed by atoms with Crippen LogP contribution in [0.3, 0.4) is 0 Å². The van der Waals surface area contributed by atoms with Gasteiger partial charge in [0.1, 0.15) is 5.82 Å².